The summed E-state index contributed by atoms with van der Waals surface area (Å²) in [7, 11) is -0.385. The lowest BCUT2D eigenvalue weighted by molar-refractivity contribution is 0.00143. The fourth-order valence-corrected chi connectivity index (χ4v) is 3.87. The normalized spacial score (nSPS) is 27.9. The molecule has 2 aliphatic rings. The molecule has 26 heavy (non-hydrogen) atoms. The summed E-state index contributed by atoms with van der Waals surface area (Å²) >= 11 is 0. The van der Waals surface area contributed by atoms with Crippen LogP contribution in [0.3, 0.4) is 0 Å². The predicted molar refractivity (Wildman–Crippen MR) is 105 cm³/mol. The van der Waals surface area contributed by atoms with E-state index in [0.717, 1.165) is 35.8 Å². The van der Waals surface area contributed by atoms with E-state index in [-0.39, 0.29) is 18.3 Å². The summed E-state index contributed by atoms with van der Waals surface area (Å²) in [4.78, 5) is 4.56. The molecule has 0 N–H and O–H groups in total. The molecule has 3 rings (SSSR count). The van der Waals surface area contributed by atoms with Gasteiger partial charge >= 0.3 is 7.12 Å². The van der Waals surface area contributed by atoms with E-state index in [1.165, 1.54) is 12.8 Å². The van der Waals surface area contributed by atoms with Gasteiger partial charge in [-0.1, -0.05) is 19.9 Å². The minimum Gasteiger partial charge on any atom is -0.399 e. The fraction of sp³-hybridized carbons (Fsp3) is 0.762. The van der Waals surface area contributed by atoms with E-state index < -0.39 is 0 Å². The van der Waals surface area contributed by atoms with E-state index in [9.17, 15) is 0 Å². The van der Waals surface area contributed by atoms with E-state index in [2.05, 4.69) is 46.5 Å². The maximum absolute atomic E-state index is 6.23. The zero-order valence-electron chi connectivity index (χ0n) is 17.2. The topological polar surface area (TPSA) is 40.6 Å². The number of nitrogens with zero attached hydrogens (tertiary/aromatic N) is 1. The third-order valence-electron chi connectivity index (χ3n) is 6.55. The van der Waals surface area contributed by atoms with Crippen LogP contribution >= 0.6 is 0 Å². The van der Waals surface area contributed by atoms with E-state index in [1.807, 2.05) is 18.3 Å². The van der Waals surface area contributed by atoms with Crippen molar-refractivity contribution in [3.63, 3.8) is 0 Å². The molecule has 1 aliphatic carbocycles. The van der Waals surface area contributed by atoms with Gasteiger partial charge in [-0.2, -0.15) is 0 Å². The van der Waals surface area contributed by atoms with Gasteiger partial charge in [0.05, 0.1) is 29.6 Å². The summed E-state index contributed by atoms with van der Waals surface area (Å²) in [6, 6.07) is 3.99. The quantitative estimate of drug-likeness (QED) is 0.742. The number of ether oxygens (including phenoxy) is 1. The first-order valence-electron chi connectivity index (χ1n) is 10.1. The lowest BCUT2D eigenvalue weighted by Crippen LogP contribution is -2.41. The smallest absolute Gasteiger partial charge is 0.399 e. The fourth-order valence-electron chi connectivity index (χ4n) is 3.87. The van der Waals surface area contributed by atoms with Crippen molar-refractivity contribution in [1.82, 2.24) is 4.98 Å². The Balaban J connectivity index is 1.62. The van der Waals surface area contributed by atoms with E-state index in [1.54, 1.807) is 0 Å². The van der Waals surface area contributed by atoms with Crippen LogP contribution in [0.4, 0.5) is 0 Å². The molecular weight excluding hydrogens is 325 g/mol. The van der Waals surface area contributed by atoms with Gasteiger partial charge in [0, 0.05) is 11.7 Å². The van der Waals surface area contributed by atoms with Crippen molar-refractivity contribution < 1.29 is 14.0 Å². The van der Waals surface area contributed by atoms with Crippen molar-refractivity contribution in [2.75, 3.05) is 0 Å². The third kappa shape index (κ3) is 4.15. The minimum absolute atomic E-state index is 0.346. The molecule has 1 saturated heterocycles. The second-order valence-corrected chi connectivity index (χ2v) is 9.22. The molecule has 0 amide bonds. The van der Waals surface area contributed by atoms with Crippen LogP contribution in [0, 0.1) is 11.8 Å². The molecule has 0 bridgehead atoms. The van der Waals surface area contributed by atoms with Crippen LogP contribution in [0.5, 0.6) is 0 Å². The molecule has 0 atom stereocenters. The van der Waals surface area contributed by atoms with Crippen LogP contribution in [0.2, 0.25) is 0 Å². The molecule has 1 aliphatic heterocycles. The number of pyridine rings is 1. The second-order valence-electron chi connectivity index (χ2n) is 9.22. The Morgan fingerprint density at radius 3 is 2.31 bits per heavy atom. The Hall–Kier alpha value is -0.905. The van der Waals surface area contributed by atoms with Crippen LogP contribution < -0.4 is 5.46 Å². The molecule has 2 heterocycles. The van der Waals surface area contributed by atoms with Gasteiger partial charge in [0.2, 0.25) is 0 Å². The van der Waals surface area contributed by atoms with Crippen LogP contribution in [0.25, 0.3) is 0 Å². The first-order valence-corrected chi connectivity index (χ1v) is 10.1. The van der Waals surface area contributed by atoms with E-state index in [0.29, 0.717) is 12.7 Å². The van der Waals surface area contributed by atoms with Gasteiger partial charge in [-0.05, 0) is 71.3 Å². The van der Waals surface area contributed by atoms with Crippen molar-refractivity contribution in [2.45, 2.75) is 91.1 Å². The highest BCUT2D eigenvalue weighted by Gasteiger charge is 2.52. The molecule has 1 aromatic heterocycles. The summed E-state index contributed by atoms with van der Waals surface area (Å²) in [6.45, 7) is 13.5. The average Bonchev–Trinajstić information content (AvgIpc) is 2.81. The van der Waals surface area contributed by atoms with Gasteiger partial charge in [-0.25, -0.2) is 0 Å². The lowest BCUT2D eigenvalue weighted by atomic mass is 9.78. The van der Waals surface area contributed by atoms with Crippen molar-refractivity contribution >= 4 is 12.6 Å². The molecular formula is C21H34BNO3. The monoisotopic (exact) mass is 359 g/mol. The molecule has 4 nitrogen and oxygen atoms in total. The highest BCUT2D eigenvalue weighted by atomic mass is 16.7. The Labute approximate surface area is 159 Å². The first kappa shape index (κ1) is 19.8. The highest BCUT2D eigenvalue weighted by molar-refractivity contribution is 6.62. The number of hydrogen-bond acceptors (Lipinski definition) is 4. The summed E-state index contributed by atoms with van der Waals surface area (Å²) in [5, 5.41) is 0. The average molecular weight is 359 g/mol. The molecule has 0 unspecified atom stereocenters. The number of aromatic nitrogens is 1. The third-order valence-corrected chi connectivity index (χ3v) is 6.55. The van der Waals surface area contributed by atoms with Gasteiger partial charge in [0.15, 0.2) is 0 Å². The predicted octanol–water partition coefficient (Wildman–Crippen LogP) is 4.11. The zero-order valence-corrected chi connectivity index (χ0v) is 17.2. The maximum Gasteiger partial charge on any atom is 0.496 e. The van der Waals surface area contributed by atoms with Crippen LogP contribution in [-0.2, 0) is 20.7 Å². The number of hydrogen-bond donors (Lipinski definition) is 0. The van der Waals surface area contributed by atoms with Gasteiger partial charge in [0.1, 0.15) is 0 Å². The molecule has 1 aromatic rings. The Kier molecular flexibility index (Phi) is 5.81. The first-order chi connectivity index (χ1) is 12.2. The Morgan fingerprint density at radius 2 is 1.73 bits per heavy atom. The van der Waals surface area contributed by atoms with Crippen LogP contribution in [0.1, 0.15) is 72.9 Å². The Bertz CT molecular complexity index is 593. The molecule has 5 heteroatoms. The Morgan fingerprint density at radius 1 is 1.12 bits per heavy atom. The molecule has 1 saturated carbocycles. The summed E-state index contributed by atoms with van der Waals surface area (Å²) in [6.07, 6.45) is 7.02. The van der Waals surface area contributed by atoms with Crippen molar-refractivity contribution in [1.29, 1.82) is 0 Å². The summed E-state index contributed by atoms with van der Waals surface area (Å²) in [5.41, 5.74) is 1.22. The maximum atomic E-state index is 6.23. The lowest BCUT2D eigenvalue weighted by Gasteiger charge is -2.32. The summed E-state index contributed by atoms with van der Waals surface area (Å²) in [5.74, 6) is 1.63. The van der Waals surface area contributed by atoms with Gasteiger partial charge < -0.3 is 14.0 Å². The van der Waals surface area contributed by atoms with Crippen LogP contribution in [0.15, 0.2) is 18.3 Å². The molecule has 0 aromatic carbocycles. The van der Waals surface area contributed by atoms with E-state index in [4.69, 9.17) is 14.0 Å². The van der Waals surface area contributed by atoms with Crippen molar-refractivity contribution in [3.05, 3.63) is 24.0 Å². The molecule has 144 valence electrons. The van der Waals surface area contributed by atoms with E-state index >= 15 is 0 Å². The van der Waals surface area contributed by atoms with Crippen molar-refractivity contribution in [2.24, 2.45) is 11.8 Å². The second kappa shape index (κ2) is 7.61. The standard InChI is InChI=1S/C21H34BNO3/c1-15(2)16-9-11-17(12-10-16)24-14-19-18(8-7-13-23-19)22-25-20(3,4)21(5,6)26-22/h7-8,13,15-17H,9-12,14H2,1-6H3/t16-,17+. The largest absolute Gasteiger partial charge is 0.496 e. The molecule has 0 spiro atoms. The zero-order chi connectivity index (χ0) is 18.9. The highest BCUT2D eigenvalue weighted by Crippen LogP contribution is 2.37. The van der Waals surface area contributed by atoms with Gasteiger partial charge in [0.25, 0.3) is 0 Å². The molecule has 0 radical (unpaired) electrons. The molecule has 2 fully saturated rings. The van der Waals surface area contributed by atoms with Crippen LogP contribution in [-0.4, -0.2) is 29.4 Å². The van der Waals surface area contributed by atoms with Gasteiger partial charge in [-0.3, -0.25) is 4.98 Å². The summed E-state index contributed by atoms with van der Waals surface area (Å²) < 4.78 is 18.6. The number of rotatable bonds is 5. The minimum atomic E-state index is -0.385. The van der Waals surface area contributed by atoms with Gasteiger partial charge in [-0.15, -0.1) is 0 Å². The van der Waals surface area contributed by atoms with Crippen molar-refractivity contribution in [3.8, 4) is 0 Å². The SMILES string of the molecule is CC(C)[C@H]1CC[C@@H](OCc2ncccc2B2OC(C)(C)C(C)(C)O2)CC1.